The summed E-state index contributed by atoms with van der Waals surface area (Å²) in [5.41, 5.74) is 3.88. The molecule has 3 aromatic rings. The molecule has 0 spiro atoms. The maximum absolute atomic E-state index is 12.5. The van der Waals surface area contributed by atoms with Gasteiger partial charge in [-0.25, -0.2) is 9.78 Å². The number of anilines is 2. The summed E-state index contributed by atoms with van der Waals surface area (Å²) < 4.78 is 31.7. The third kappa shape index (κ3) is 8.07. The van der Waals surface area contributed by atoms with Gasteiger partial charge in [0.2, 0.25) is 0 Å². The third-order valence-corrected chi connectivity index (χ3v) is 5.79. The van der Waals surface area contributed by atoms with Crippen molar-refractivity contribution >= 4 is 35.0 Å². The van der Waals surface area contributed by atoms with E-state index in [0.717, 1.165) is 37.6 Å². The number of carbonyl (C=O) groups is 2. The van der Waals surface area contributed by atoms with Crippen LogP contribution in [0.2, 0.25) is 5.02 Å². The first kappa shape index (κ1) is 27.7. The number of pyridine rings is 2. The van der Waals surface area contributed by atoms with Gasteiger partial charge < -0.3 is 20.2 Å². The van der Waals surface area contributed by atoms with Crippen LogP contribution in [-0.2, 0) is 11.3 Å². The molecule has 0 radical (unpaired) electrons. The van der Waals surface area contributed by atoms with Crippen molar-refractivity contribution in [1.29, 1.82) is 0 Å². The zero-order chi connectivity index (χ0) is 27.0. The van der Waals surface area contributed by atoms with E-state index >= 15 is 0 Å². The van der Waals surface area contributed by atoms with Crippen LogP contribution in [-0.4, -0.2) is 59.3 Å². The van der Waals surface area contributed by atoms with Gasteiger partial charge in [-0.2, -0.15) is 13.2 Å². The highest BCUT2D eigenvalue weighted by atomic mass is 35.5. The summed E-state index contributed by atoms with van der Waals surface area (Å²) in [5.74, 6) is -2.22. The van der Waals surface area contributed by atoms with E-state index in [1.165, 1.54) is 11.3 Å². The molecule has 0 bridgehead atoms. The van der Waals surface area contributed by atoms with Crippen LogP contribution in [0.5, 0.6) is 0 Å². The minimum absolute atomic E-state index is 0.181. The van der Waals surface area contributed by atoms with Crippen molar-refractivity contribution in [3.8, 4) is 0 Å². The highest BCUT2D eigenvalue weighted by Gasteiger charge is 2.38. The van der Waals surface area contributed by atoms with Gasteiger partial charge >= 0.3 is 12.1 Å². The van der Waals surface area contributed by atoms with E-state index in [4.69, 9.17) is 21.5 Å². The molecule has 0 saturated carbocycles. The first-order valence-corrected chi connectivity index (χ1v) is 11.6. The second-order valence-corrected chi connectivity index (χ2v) is 8.59. The fourth-order valence-corrected chi connectivity index (χ4v) is 3.80. The van der Waals surface area contributed by atoms with Gasteiger partial charge in [-0.3, -0.25) is 9.78 Å². The highest BCUT2D eigenvalue weighted by Crippen LogP contribution is 2.26. The molecule has 1 aromatic carbocycles. The van der Waals surface area contributed by atoms with Gasteiger partial charge in [0.05, 0.1) is 10.6 Å². The van der Waals surface area contributed by atoms with E-state index < -0.39 is 12.1 Å². The topological polar surface area (TPSA) is 98.7 Å². The summed E-state index contributed by atoms with van der Waals surface area (Å²) in [5, 5.41) is 10.5. The number of nitrogens with zero attached hydrogens (tertiary/aromatic N) is 4. The Morgan fingerprint density at radius 3 is 2.14 bits per heavy atom. The standard InChI is InChI=1S/C23H24ClN5O.C2HF3O2/c1-17-2-4-18(5-3-17)15-27-23(30)19-14-21(24)22(26-16-19)29-12-10-28(11-13-29)20-6-8-25-9-7-20;3-2(4,5)1(6)7/h2-9,14,16H,10-13,15H2,1H3,(H,27,30);(H,6,7). The molecule has 37 heavy (non-hydrogen) atoms. The van der Waals surface area contributed by atoms with Gasteiger partial charge in [-0.1, -0.05) is 41.4 Å². The number of aryl methyl sites for hydroxylation is 1. The van der Waals surface area contributed by atoms with Gasteiger partial charge in [-0.05, 0) is 30.7 Å². The summed E-state index contributed by atoms with van der Waals surface area (Å²) in [7, 11) is 0. The van der Waals surface area contributed by atoms with E-state index in [9.17, 15) is 18.0 Å². The molecule has 1 saturated heterocycles. The Hall–Kier alpha value is -3.86. The number of hydrogen-bond donors (Lipinski definition) is 2. The molecule has 8 nitrogen and oxygen atoms in total. The highest BCUT2D eigenvalue weighted by molar-refractivity contribution is 6.33. The zero-order valence-corrected chi connectivity index (χ0v) is 20.6. The largest absolute Gasteiger partial charge is 0.490 e. The lowest BCUT2D eigenvalue weighted by molar-refractivity contribution is -0.192. The van der Waals surface area contributed by atoms with Crippen molar-refractivity contribution in [2.75, 3.05) is 36.0 Å². The lowest BCUT2D eigenvalue weighted by Crippen LogP contribution is -2.47. The number of hydrogen-bond acceptors (Lipinski definition) is 6. The van der Waals surface area contributed by atoms with E-state index in [2.05, 4.69) is 25.1 Å². The molecule has 196 valence electrons. The minimum Gasteiger partial charge on any atom is -0.475 e. The maximum Gasteiger partial charge on any atom is 0.490 e. The molecule has 12 heteroatoms. The Labute approximate surface area is 216 Å². The van der Waals surface area contributed by atoms with E-state index in [1.807, 2.05) is 55.7 Å². The number of carboxylic acids is 1. The quantitative estimate of drug-likeness (QED) is 0.502. The number of nitrogens with one attached hydrogen (secondary N) is 1. The second-order valence-electron chi connectivity index (χ2n) is 8.18. The molecule has 2 N–H and O–H groups in total. The van der Waals surface area contributed by atoms with Crippen LogP contribution in [0.4, 0.5) is 24.7 Å². The van der Waals surface area contributed by atoms with E-state index in [1.54, 1.807) is 12.3 Å². The maximum atomic E-state index is 12.5. The summed E-state index contributed by atoms with van der Waals surface area (Å²) in [6, 6.07) is 13.8. The molecular weight excluding hydrogens is 511 g/mol. The Morgan fingerprint density at radius 2 is 1.59 bits per heavy atom. The van der Waals surface area contributed by atoms with Crippen molar-refractivity contribution in [2.24, 2.45) is 0 Å². The second kappa shape index (κ2) is 12.4. The monoisotopic (exact) mass is 535 g/mol. The lowest BCUT2D eigenvalue weighted by atomic mass is 10.1. The number of piperazine rings is 1. The molecule has 1 aliphatic heterocycles. The molecule has 1 fully saturated rings. The molecule has 0 unspecified atom stereocenters. The predicted octanol–water partition coefficient (Wildman–Crippen LogP) is 4.33. The lowest BCUT2D eigenvalue weighted by Gasteiger charge is -2.37. The van der Waals surface area contributed by atoms with Gasteiger partial charge in [-0.15, -0.1) is 0 Å². The normalized spacial score (nSPS) is 13.4. The summed E-state index contributed by atoms with van der Waals surface area (Å²) >= 11 is 6.49. The number of amides is 1. The average molecular weight is 536 g/mol. The molecular formula is C25H25ClF3N5O3. The Balaban J connectivity index is 0.000000479. The van der Waals surface area contributed by atoms with Crippen LogP contribution >= 0.6 is 11.6 Å². The van der Waals surface area contributed by atoms with Crippen molar-refractivity contribution in [3.05, 3.63) is 82.8 Å². The van der Waals surface area contributed by atoms with Crippen molar-refractivity contribution < 1.29 is 27.9 Å². The van der Waals surface area contributed by atoms with Crippen molar-refractivity contribution in [1.82, 2.24) is 15.3 Å². The number of rotatable bonds is 5. The van der Waals surface area contributed by atoms with Crippen LogP contribution < -0.4 is 15.1 Å². The Morgan fingerprint density at radius 1 is 1.03 bits per heavy atom. The molecule has 3 heterocycles. The van der Waals surface area contributed by atoms with Crippen LogP contribution in [0.1, 0.15) is 21.5 Å². The van der Waals surface area contributed by atoms with E-state index in [-0.39, 0.29) is 5.91 Å². The van der Waals surface area contributed by atoms with Crippen LogP contribution in [0.3, 0.4) is 0 Å². The van der Waals surface area contributed by atoms with Crippen molar-refractivity contribution in [2.45, 2.75) is 19.6 Å². The Kier molecular flexibility index (Phi) is 9.29. The van der Waals surface area contributed by atoms with Crippen LogP contribution in [0.15, 0.2) is 61.1 Å². The van der Waals surface area contributed by atoms with Gasteiger partial charge in [0.1, 0.15) is 5.82 Å². The van der Waals surface area contributed by atoms with Gasteiger partial charge in [0.25, 0.3) is 5.91 Å². The SMILES string of the molecule is Cc1ccc(CNC(=O)c2cnc(N3CCN(c4ccncc4)CC3)c(Cl)c2)cc1.O=C(O)C(F)(F)F. The molecule has 0 atom stereocenters. The first-order valence-electron chi connectivity index (χ1n) is 11.2. The number of alkyl halides is 3. The third-order valence-electron chi connectivity index (χ3n) is 5.51. The molecule has 1 aliphatic rings. The number of halogens is 4. The minimum atomic E-state index is -5.08. The van der Waals surface area contributed by atoms with E-state index in [0.29, 0.717) is 17.1 Å². The predicted molar refractivity (Wildman–Crippen MR) is 134 cm³/mol. The van der Waals surface area contributed by atoms with Crippen LogP contribution in [0, 0.1) is 6.92 Å². The molecule has 0 aliphatic carbocycles. The fraction of sp³-hybridized carbons (Fsp3) is 0.280. The smallest absolute Gasteiger partial charge is 0.475 e. The summed E-state index contributed by atoms with van der Waals surface area (Å²) in [4.78, 5) is 34.4. The Bertz CT molecular complexity index is 1200. The summed E-state index contributed by atoms with van der Waals surface area (Å²) in [6.45, 7) is 5.88. The van der Waals surface area contributed by atoms with Crippen molar-refractivity contribution in [3.63, 3.8) is 0 Å². The zero-order valence-electron chi connectivity index (χ0n) is 19.9. The number of aliphatic carboxylic acids is 1. The first-order chi connectivity index (χ1) is 17.5. The molecule has 2 aromatic heterocycles. The number of aromatic nitrogens is 2. The number of carbonyl (C=O) groups excluding carboxylic acids is 1. The molecule has 4 rings (SSSR count). The summed E-state index contributed by atoms with van der Waals surface area (Å²) in [6.07, 6.45) is 0.131. The molecule has 1 amide bonds. The number of benzene rings is 1. The van der Waals surface area contributed by atoms with Gasteiger partial charge in [0.15, 0.2) is 0 Å². The average Bonchev–Trinajstić information content (AvgIpc) is 2.88. The van der Waals surface area contributed by atoms with Crippen LogP contribution in [0.25, 0.3) is 0 Å². The number of carboxylic acid groups (broad SMARTS) is 1. The fourth-order valence-electron chi connectivity index (χ4n) is 3.51. The van der Waals surface area contributed by atoms with Gasteiger partial charge in [0, 0.05) is 57.0 Å².